The molecule has 2 aromatic heterocycles. The molecule has 0 saturated heterocycles. The Labute approximate surface area is 116 Å². The zero-order chi connectivity index (χ0) is 14.0. The van der Waals surface area contributed by atoms with E-state index in [4.69, 9.17) is 0 Å². The third kappa shape index (κ3) is 3.02. The van der Waals surface area contributed by atoms with E-state index in [2.05, 4.69) is 19.9 Å². The molecule has 0 aliphatic carbocycles. The molecule has 19 heavy (non-hydrogen) atoms. The van der Waals surface area contributed by atoms with Crippen molar-refractivity contribution in [3.8, 4) is 0 Å². The minimum absolute atomic E-state index is 0.244. The van der Waals surface area contributed by atoms with Crippen molar-refractivity contribution >= 4 is 21.4 Å². The maximum Gasteiger partial charge on any atom is 0.244 e. The summed E-state index contributed by atoms with van der Waals surface area (Å²) in [4.78, 5) is 5.48. The molecule has 2 rings (SSSR count). The number of aromatic amines is 1. The second kappa shape index (κ2) is 5.40. The number of thiazole rings is 1. The van der Waals surface area contributed by atoms with Crippen LogP contribution in [0, 0.1) is 20.8 Å². The van der Waals surface area contributed by atoms with Gasteiger partial charge in [0.1, 0.15) is 4.90 Å². The molecular formula is C11H16N4O2S2. The summed E-state index contributed by atoms with van der Waals surface area (Å²) in [7, 11) is -3.50. The summed E-state index contributed by atoms with van der Waals surface area (Å²) in [5, 5.41) is 6.58. The molecule has 0 unspecified atom stereocenters. The van der Waals surface area contributed by atoms with Crippen LogP contribution in [-0.2, 0) is 16.4 Å². The number of rotatable bonds is 5. The SMILES string of the molecule is Cc1ncsc1CCNS(=O)(=O)c1c(C)n[nH]c1C. The second-order valence-corrected chi connectivity index (χ2v) is 6.91. The van der Waals surface area contributed by atoms with Crippen molar-refractivity contribution in [1.29, 1.82) is 0 Å². The van der Waals surface area contributed by atoms with Crippen LogP contribution < -0.4 is 4.72 Å². The summed E-state index contributed by atoms with van der Waals surface area (Å²) in [6.45, 7) is 5.65. The molecule has 2 N–H and O–H groups in total. The largest absolute Gasteiger partial charge is 0.281 e. The van der Waals surface area contributed by atoms with Gasteiger partial charge >= 0.3 is 0 Å². The summed E-state index contributed by atoms with van der Waals surface area (Å²) in [6, 6.07) is 0. The number of aryl methyl sites for hydroxylation is 3. The second-order valence-electron chi connectivity index (χ2n) is 4.27. The third-order valence-electron chi connectivity index (χ3n) is 2.82. The predicted molar refractivity (Wildman–Crippen MR) is 73.8 cm³/mol. The molecule has 0 aromatic carbocycles. The first kappa shape index (κ1) is 14.2. The molecule has 0 saturated carbocycles. The molecule has 0 spiro atoms. The van der Waals surface area contributed by atoms with Crippen molar-refractivity contribution in [1.82, 2.24) is 19.9 Å². The van der Waals surface area contributed by atoms with Gasteiger partial charge in [0.05, 0.1) is 22.6 Å². The predicted octanol–water partition coefficient (Wildman–Crippen LogP) is 1.31. The lowest BCUT2D eigenvalue weighted by molar-refractivity contribution is 0.580. The van der Waals surface area contributed by atoms with E-state index < -0.39 is 10.0 Å². The highest BCUT2D eigenvalue weighted by molar-refractivity contribution is 7.89. The van der Waals surface area contributed by atoms with Crippen molar-refractivity contribution in [2.24, 2.45) is 0 Å². The fraction of sp³-hybridized carbons (Fsp3) is 0.455. The lowest BCUT2D eigenvalue weighted by atomic mass is 10.3. The fourth-order valence-corrected chi connectivity index (χ4v) is 4.05. The number of hydrogen-bond donors (Lipinski definition) is 2. The van der Waals surface area contributed by atoms with Gasteiger partial charge in [0.25, 0.3) is 0 Å². The van der Waals surface area contributed by atoms with Gasteiger partial charge in [-0.1, -0.05) is 0 Å². The number of nitrogens with zero attached hydrogens (tertiary/aromatic N) is 2. The first-order valence-electron chi connectivity index (χ1n) is 5.82. The van der Waals surface area contributed by atoms with E-state index in [1.54, 1.807) is 19.4 Å². The Morgan fingerprint density at radius 2 is 2.05 bits per heavy atom. The van der Waals surface area contributed by atoms with Gasteiger partial charge in [-0.05, 0) is 27.2 Å². The summed E-state index contributed by atoms with van der Waals surface area (Å²) >= 11 is 1.54. The molecular weight excluding hydrogens is 284 g/mol. The van der Waals surface area contributed by atoms with E-state index >= 15 is 0 Å². The molecule has 0 aliphatic heterocycles. The monoisotopic (exact) mass is 300 g/mol. The molecule has 2 heterocycles. The first-order valence-corrected chi connectivity index (χ1v) is 8.18. The third-order valence-corrected chi connectivity index (χ3v) is 5.54. The van der Waals surface area contributed by atoms with Crippen LogP contribution >= 0.6 is 11.3 Å². The van der Waals surface area contributed by atoms with Crippen molar-refractivity contribution in [2.45, 2.75) is 32.1 Å². The van der Waals surface area contributed by atoms with Crippen molar-refractivity contribution < 1.29 is 8.42 Å². The zero-order valence-electron chi connectivity index (χ0n) is 11.0. The molecule has 8 heteroatoms. The molecule has 0 fully saturated rings. The molecule has 0 amide bonds. The average Bonchev–Trinajstić information content (AvgIpc) is 2.86. The first-order chi connectivity index (χ1) is 8.92. The number of aromatic nitrogens is 3. The standard InChI is InChI=1S/C11H16N4O2S2/c1-7-10(18-6-12-7)4-5-13-19(16,17)11-8(2)14-15-9(11)3/h6,13H,4-5H2,1-3H3,(H,14,15). The van der Waals surface area contributed by atoms with Gasteiger partial charge in [-0.25, -0.2) is 18.1 Å². The van der Waals surface area contributed by atoms with Crippen LogP contribution in [0.25, 0.3) is 0 Å². The van der Waals surface area contributed by atoms with Crippen LogP contribution in [0.5, 0.6) is 0 Å². The van der Waals surface area contributed by atoms with E-state index in [0.29, 0.717) is 24.4 Å². The van der Waals surface area contributed by atoms with E-state index in [9.17, 15) is 8.42 Å². The van der Waals surface area contributed by atoms with Gasteiger partial charge in [-0.15, -0.1) is 11.3 Å². The molecule has 0 bridgehead atoms. The summed E-state index contributed by atoms with van der Waals surface area (Å²) in [6.07, 6.45) is 0.645. The number of hydrogen-bond acceptors (Lipinski definition) is 5. The fourth-order valence-electron chi connectivity index (χ4n) is 1.87. The van der Waals surface area contributed by atoms with Gasteiger partial charge in [0.15, 0.2) is 0 Å². The van der Waals surface area contributed by atoms with Crippen LogP contribution in [0.3, 0.4) is 0 Å². The summed E-state index contributed by atoms with van der Waals surface area (Å²) < 4.78 is 26.9. The maximum absolute atomic E-state index is 12.2. The Bertz CT molecular complexity index is 653. The molecule has 0 radical (unpaired) electrons. The number of sulfonamides is 1. The summed E-state index contributed by atoms with van der Waals surface area (Å²) in [5.74, 6) is 0. The smallest absolute Gasteiger partial charge is 0.244 e. The Balaban J connectivity index is 2.05. The highest BCUT2D eigenvalue weighted by Crippen LogP contribution is 2.17. The van der Waals surface area contributed by atoms with E-state index in [-0.39, 0.29) is 4.90 Å². The Morgan fingerprint density at radius 1 is 1.32 bits per heavy atom. The van der Waals surface area contributed by atoms with Gasteiger partial charge in [0, 0.05) is 11.4 Å². The minimum Gasteiger partial charge on any atom is -0.281 e. The number of nitrogens with one attached hydrogen (secondary N) is 2. The normalized spacial score (nSPS) is 11.9. The van der Waals surface area contributed by atoms with Crippen LogP contribution in [0.2, 0.25) is 0 Å². The van der Waals surface area contributed by atoms with E-state index in [1.165, 1.54) is 11.3 Å². The van der Waals surface area contributed by atoms with Gasteiger partial charge < -0.3 is 0 Å². The Hall–Kier alpha value is -1.25. The van der Waals surface area contributed by atoms with Gasteiger partial charge in [0.2, 0.25) is 10.0 Å². The van der Waals surface area contributed by atoms with Crippen molar-refractivity contribution in [2.75, 3.05) is 6.54 Å². The molecule has 104 valence electrons. The van der Waals surface area contributed by atoms with Crippen LogP contribution in [-0.4, -0.2) is 30.1 Å². The highest BCUT2D eigenvalue weighted by atomic mass is 32.2. The molecule has 0 aliphatic rings. The summed E-state index contributed by atoms with van der Waals surface area (Å²) in [5.41, 5.74) is 3.77. The zero-order valence-corrected chi connectivity index (χ0v) is 12.7. The molecule has 6 nitrogen and oxygen atoms in total. The number of H-pyrrole nitrogens is 1. The average molecular weight is 300 g/mol. The van der Waals surface area contributed by atoms with E-state index in [1.807, 2.05) is 6.92 Å². The topological polar surface area (TPSA) is 87.7 Å². The Kier molecular flexibility index (Phi) is 4.02. The van der Waals surface area contributed by atoms with Crippen LogP contribution in [0.4, 0.5) is 0 Å². The lowest BCUT2D eigenvalue weighted by Gasteiger charge is -2.06. The minimum atomic E-state index is -3.50. The Morgan fingerprint density at radius 3 is 2.58 bits per heavy atom. The molecule has 0 atom stereocenters. The van der Waals surface area contributed by atoms with E-state index in [0.717, 1.165) is 10.6 Å². The molecule has 2 aromatic rings. The maximum atomic E-state index is 12.2. The highest BCUT2D eigenvalue weighted by Gasteiger charge is 2.21. The van der Waals surface area contributed by atoms with Gasteiger partial charge in [-0.2, -0.15) is 5.10 Å². The van der Waals surface area contributed by atoms with Crippen molar-refractivity contribution in [3.63, 3.8) is 0 Å². The van der Waals surface area contributed by atoms with Crippen LogP contribution in [0.15, 0.2) is 10.4 Å². The van der Waals surface area contributed by atoms with Gasteiger partial charge in [-0.3, -0.25) is 5.10 Å². The van der Waals surface area contributed by atoms with Crippen molar-refractivity contribution in [3.05, 3.63) is 27.5 Å². The lowest BCUT2D eigenvalue weighted by Crippen LogP contribution is -2.26. The van der Waals surface area contributed by atoms with Crippen LogP contribution in [0.1, 0.15) is 22.0 Å². The quantitative estimate of drug-likeness (QED) is 0.871.